The molecule has 2 saturated heterocycles. The zero-order valence-electron chi connectivity index (χ0n) is 18.1. The number of likely N-dealkylation sites (tertiary alicyclic amines) is 2. The molecule has 0 bridgehead atoms. The highest BCUT2D eigenvalue weighted by Crippen LogP contribution is 2.36. The van der Waals surface area contributed by atoms with Crippen molar-refractivity contribution in [2.75, 3.05) is 32.7 Å². The molecule has 2 aliphatic heterocycles. The van der Waals surface area contributed by atoms with E-state index in [0.717, 1.165) is 43.8 Å². The number of rotatable bonds is 6. The Morgan fingerprint density at radius 1 is 0.967 bits per heavy atom. The maximum Gasteiger partial charge on any atom is 0.274 e. The molecule has 3 aliphatic rings. The van der Waals surface area contributed by atoms with Gasteiger partial charge in [-0.1, -0.05) is 25.3 Å². The molecule has 0 aromatic carbocycles. The van der Waals surface area contributed by atoms with Crippen molar-refractivity contribution in [3.8, 4) is 0 Å². The number of carbonyl (C=O) groups excluding carboxylic acids is 1. The third-order valence-corrected chi connectivity index (χ3v) is 7.53. The first-order valence-corrected chi connectivity index (χ1v) is 12.0. The van der Waals surface area contributed by atoms with Gasteiger partial charge in [-0.15, -0.1) is 0 Å². The maximum absolute atomic E-state index is 13.2. The predicted octanol–water partition coefficient (Wildman–Crippen LogP) is 3.46. The number of carbonyl (C=O) groups is 1. The molecular formula is C24H35N5O. The van der Waals surface area contributed by atoms with Crippen molar-refractivity contribution in [1.82, 2.24) is 24.5 Å². The molecule has 30 heavy (non-hydrogen) atoms. The second-order valence-electron chi connectivity index (χ2n) is 9.42. The zero-order valence-corrected chi connectivity index (χ0v) is 18.1. The molecule has 1 aliphatic carbocycles. The van der Waals surface area contributed by atoms with Crippen molar-refractivity contribution >= 4 is 11.6 Å². The highest BCUT2D eigenvalue weighted by atomic mass is 16.2. The first-order valence-electron chi connectivity index (χ1n) is 12.0. The predicted molar refractivity (Wildman–Crippen MR) is 119 cm³/mol. The van der Waals surface area contributed by atoms with Gasteiger partial charge in [-0.05, 0) is 63.7 Å². The van der Waals surface area contributed by atoms with E-state index in [4.69, 9.17) is 4.98 Å². The van der Waals surface area contributed by atoms with Gasteiger partial charge in [0.25, 0.3) is 5.91 Å². The fourth-order valence-corrected chi connectivity index (χ4v) is 5.88. The van der Waals surface area contributed by atoms with E-state index in [9.17, 15) is 4.79 Å². The minimum atomic E-state index is 0.0969. The van der Waals surface area contributed by atoms with Crippen molar-refractivity contribution in [3.05, 3.63) is 35.8 Å². The maximum atomic E-state index is 13.2. The van der Waals surface area contributed by atoms with Gasteiger partial charge in [0, 0.05) is 37.9 Å². The highest BCUT2D eigenvalue weighted by Gasteiger charge is 2.39. The summed E-state index contributed by atoms with van der Waals surface area (Å²) in [6.45, 7) is 5.90. The lowest BCUT2D eigenvalue weighted by Crippen LogP contribution is -2.54. The molecule has 1 amide bonds. The molecule has 6 nitrogen and oxygen atoms in total. The zero-order chi connectivity index (χ0) is 20.4. The number of nitrogens with one attached hydrogen (secondary N) is 1. The summed E-state index contributed by atoms with van der Waals surface area (Å²) in [6.07, 6.45) is 13.6. The molecule has 0 radical (unpaired) electrons. The molecule has 0 unspecified atom stereocenters. The molecule has 2 aromatic heterocycles. The lowest BCUT2D eigenvalue weighted by atomic mass is 9.92. The normalized spacial score (nSPS) is 22.2. The molecule has 1 saturated carbocycles. The molecule has 5 rings (SSSR count). The third-order valence-electron chi connectivity index (χ3n) is 7.53. The van der Waals surface area contributed by atoms with Crippen LogP contribution in [0.4, 0.5) is 0 Å². The molecule has 0 atom stereocenters. The summed E-state index contributed by atoms with van der Waals surface area (Å²) in [5, 5.41) is 3.77. The molecule has 6 heteroatoms. The number of hydrogen-bond acceptors (Lipinski definition) is 4. The Morgan fingerprint density at radius 3 is 2.47 bits per heavy atom. The van der Waals surface area contributed by atoms with Crippen LogP contribution in [0.1, 0.15) is 74.0 Å². The number of amides is 1. The van der Waals surface area contributed by atoms with Gasteiger partial charge in [0.05, 0.1) is 5.69 Å². The van der Waals surface area contributed by atoms with Crippen LogP contribution >= 0.6 is 0 Å². The minimum Gasteiger partial charge on any atom is -0.337 e. The summed E-state index contributed by atoms with van der Waals surface area (Å²) in [5.41, 5.74) is 2.81. The SMILES string of the molecule is O=C(c1nc2ccccn2c1CNCC1(N2CCCCC2)CCCC1)N1CCCC1. The smallest absolute Gasteiger partial charge is 0.274 e. The number of pyridine rings is 1. The summed E-state index contributed by atoms with van der Waals surface area (Å²) in [5.74, 6) is 0.0969. The monoisotopic (exact) mass is 409 g/mol. The van der Waals surface area contributed by atoms with E-state index in [-0.39, 0.29) is 5.91 Å². The van der Waals surface area contributed by atoms with Gasteiger partial charge in [-0.3, -0.25) is 9.69 Å². The van der Waals surface area contributed by atoms with Gasteiger partial charge < -0.3 is 14.6 Å². The van der Waals surface area contributed by atoms with Crippen LogP contribution in [0.15, 0.2) is 24.4 Å². The van der Waals surface area contributed by atoms with Crippen LogP contribution in [0.2, 0.25) is 0 Å². The highest BCUT2D eigenvalue weighted by molar-refractivity contribution is 5.94. The van der Waals surface area contributed by atoms with Crippen molar-refractivity contribution in [3.63, 3.8) is 0 Å². The second-order valence-corrected chi connectivity index (χ2v) is 9.42. The summed E-state index contributed by atoms with van der Waals surface area (Å²) in [6, 6.07) is 6.01. The Bertz CT molecular complexity index is 873. The van der Waals surface area contributed by atoms with Crippen LogP contribution in [0.3, 0.4) is 0 Å². The van der Waals surface area contributed by atoms with Crippen LogP contribution in [-0.4, -0.2) is 63.4 Å². The van der Waals surface area contributed by atoms with Crippen LogP contribution in [0.25, 0.3) is 5.65 Å². The largest absolute Gasteiger partial charge is 0.337 e. The minimum absolute atomic E-state index is 0.0969. The van der Waals surface area contributed by atoms with Gasteiger partial charge in [0.1, 0.15) is 5.65 Å². The van der Waals surface area contributed by atoms with Crippen molar-refractivity contribution in [1.29, 1.82) is 0 Å². The van der Waals surface area contributed by atoms with Gasteiger partial charge in [-0.25, -0.2) is 4.98 Å². The Balaban J connectivity index is 1.35. The van der Waals surface area contributed by atoms with E-state index < -0.39 is 0 Å². The van der Waals surface area contributed by atoms with Crippen LogP contribution in [0, 0.1) is 0 Å². The second kappa shape index (κ2) is 8.67. The summed E-state index contributed by atoms with van der Waals surface area (Å²) in [4.78, 5) is 22.7. The Hall–Kier alpha value is -1.92. The molecule has 4 heterocycles. The fourth-order valence-electron chi connectivity index (χ4n) is 5.88. The van der Waals surface area contributed by atoms with Crippen LogP contribution in [0.5, 0.6) is 0 Å². The topological polar surface area (TPSA) is 52.9 Å². The Kier molecular flexibility index (Phi) is 5.79. The van der Waals surface area contributed by atoms with Crippen LogP contribution in [-0.2, 0) is 6.54 Å². The van der Waals surface area contributed by atoms with E-state index in [1.807, 2.05) is 29.3 Å². The van der Waals surface area contributed by atoms with E-state index in [1.165, 1.54) is 58.0 Å². The number of fused-ring (bicyclic) bond motifs is 1. The number of nitrogens with zero attached hydrogens (tertiary/aromatic N) is 4. The third kappa shape index (κ3) is 3.76. The van der Waals surface area contributed by atoms with Crippen molar-refractivity contribution in [2.24, 2.45) is 0 Å². The Morgan fingerprint density at radius 2 is 1.70 bits per heavy atom. The summed E-state index contributed by atoms with van der Waals surface area (Å²) >= 11 is 0. The van der Waals surface area contributed by atoms with Crippen molar-refractivity contribution in [2.45, 2.75) is 69.9 Å². The lowest BCUT2D eigenvalue weighted by molar-refractivity contribution is 0.0694. The van der Waals surface area contributed by atoms with Gasteiger partial charge in [0.15, 0.2) is 5.69 Å². The number of aromatic nitrogens is 2. The first kappa shape index (κ1) is 20.0. The van der Waals surface area contributed by atoms with Gasteiger partial charge in [-0.2, -0.15) is 0 Å². The number of imidazole rings is 1. The lowest BCUT2D eigenvalue weighted by Gasteiger charge is -2.44. The van der Waals surface area contributed by atoms with E-state index in [1.54, 1.807) is 0 Å². The Labute approximate surface area is 179 Å². The summed E-state index contributed by atoms with van der Waals surface area (Å²) < 4.78 is 2.10. The molecular weight excluding hydrogens is 374 g/mol. The van der Waals surface area contributed by atoms with Gasteiger partial charge in [0.2, 0.25) is 0 Å². The molecule has 2 aromatic rings. The fraction of sp³-hybridized carbons (Fsp3) is 0.667. The molecule has 0 spiro atoms. The van der Waals surface area contributed by atoms with Gasteiger partial charge >= 0.3 is 0 Å². The molecule has 1 N–H and O–H groups in total. The standard InChI is InChI=1S/C24H35N5O/c30-23(27-13-8-9-14-27)22-20(29-17-7-2-10-21(29)26-22)18-25-19-24(11-3-4-12-24)28-15-5-1-6-16-28/h2,7,10,17,25H,1,3-6,8-9,11-16,18-19H2. The molecule has 162 valence electrons. The number of piperidine rings is 1. The first-order chi connectivity index (χ1) is 14.8. The van der Waals surface area contributed by atoms with Crippen molar-refractivity contribution < 1.29 is 4.79 Å². The van der Waals surface area contributed by atoms with E-state index in [2.05, 4.69) is 14.6 Å². The quantitative estimate of drug-likeness (QED) is 0.794. The average Bonchev–Trinajstić information content (AvgIpc) is 3.55. The number of hydrogen-bond donors (Lipinski definition) is 1. The van der Waals surface area contributed by atoms with Crippen LogP contribution < -0.4 is 5.32 Å². The van der Waals surface area contributed by atoms with E-state index >= 15 is 0 Å². The summed E-state index contributed by atoms with van der Waals surface area (Å²) in [7, 11) is 0. The van der Waals surface area contributed by atoms with E-state index in [0.29, 0.717) is 17.8 Å². The average molecular weight is 410 g/mol. The molecule has 3 fully saturated rings.